The van der Waals surface area contributed by atoms with Crippen LogP contribution in [0.4, 0.5) is 0 Å². The van der Waals surface area contributed by atoms with Gasteiger partial charge in [0.2, 0.25) is 0 Å². The SMILES string of the molecule is CCCCNC(=S)NCC1CC2C=CC1O2. The third-order valence-electron chi connectivity index (χ3n) is 3.19. The fourth-order valence-corrected chi connectivity index (χ4v) is 2.41. The van der Waals surface area contributed by atoms with Crippen LogP contribution in [-0.2, 0) is 4.74 Å². The molecule has 0 aromatic rings. The van der Waals surface area contributed by atoms with Crippen molar-refractivity contribution in [1.82, 2.24) is 10.6 Å². The van der Waals surface area contributed by atoms with Gasteiger partial charge >= 0.3 is 0 Å². The Kier molecular flexibility index (Phi) is 4.18. The predicted octanol–water partition coefficient (Wildman–Crippen LogP) is 1.59. The quantitative estimate of drug-likeness (QED) is 0.434. The number of hydrogen-bond donors (Lipinski definition) is 2. The van der Waals surface area contributed by atoms with E-state index in [1.54, 1.807) is 0 Å². The summed E-state index contributed by atoms with van der Waals surface area (Å²) >= 11 is 5.21. The van der Waals surface area contributed by atoms with Crippen molar-refractivity contribution in [1.29, 1.82) is 0 Å². The summed E-state index contributed by atoms with van der Waals surface area (Å²) in [6, 6.07) is 0. The van der Waals surface area contributed by atoms with Gasteiger partial charge < -0.3 is 15.4 Å². The van der Waals surface area contributed by atoms with E-state index in [-0.39, 0.29) is 0 Å². The van der Waals surface area contributed by atoms with E-state index < -0.39 is 0 Å². The van der Waals surface area contributed by atoms with Gasteiger partial charge in [-0.1, -0.05) is 25.5 Å². The molecule has 2 aliphatic heterocycles. The highest BCUT2D eigenvalue weighted by molar-refractivity contribution is 7.80. The van der Waals surface area contributed by atoms with Crippen molar-refractivity contribution in [3.05, 3.63) is 12.2 Å². The Bertz CT molecular complexity index is 280. The number of fused-ring (bicyclic) bond motifs is 2. The predicted molar refractivity (Wildman–Crippen MR) is 69.4 cm³/mol. The Balaban J connectivity index is 1.61. The summed E-state index contributed by atoms with van der Waals surface area (Å²) in [4.78, 5) is 0. The van der Waals surface area contributed by atoms with Crippen LogP contribution < -0.4 is 10.6 Å². The molecule has 2 bridgehead atoms. The fourth-order valence-electron chi connectivity index (χ4n) is 2.23. The number of hydrogen-bond acceptors (Lipinski definition) is 2. The number of thiocarbonyl (C=S) groups is 1. The van der Waals surface area contributed by atoms with Crippen LogP contribution in [0.2, 0.25) is 0 Å². The van der Waals surface area contributed by atoms with Gasteiger partial charge in [-0.3, -0.25) is 0 Å². The van der Waals surface area contributed by atoms with E-state index >= 15 is 0 Å². The van der Waals surface area contributed by atoms with E-state index in [2.05, 4.69) is 29.7 Å². The van der Waals surface area contributed by atoms with Crippen molar-refractivity contribution in [3.63, 3.8) is 0 Å². The summed E-state index contributed by atoms with van der Waals surface area (Å²) < 4.78 is 5.70. The average Bonchev–Trinajstić information content (AvgIpc) is 2.88. The summed E-state index contributed by atoms with van der Waals surface area (Å²) in [5, 5.41) is 7.27. The monoisotopic (exact) mass is 240 g/mol. The molecule has 0 spiro atoms. The maximum absolute atomic E-state index is 5.70. The van der Waals surface area contributed by atoms with Crippen molar-refractivity contribution in [3.8, 4) is 0 Å². The molecule has 0 aromatic heterocycles. The van der Waals surface area contributed by atoms with Crippen LogP contribution in [0.5, 0.6) is 0 Å². The van der Waals surface area contributed by atoms with E-state index in [9.17, 15) is 0 Å². The van der Waals surface area contributed by atoms with Crippen LogP contribution in [-0.4, -0.2) is 30.4 Å². The number of nitrogens with one attached hydrogen (secondary N) is 2. The maximum atomic E-state index is 5.70. The molecule has 3 unspecified atom stereocenters. The van der Waals surface area contributed by atoms with Gasteiger partial charge in [-0.25, -0.2) is 0 Å². The van der Waals surface area contributed by atoms with Gasteiger partial charge in [0, 0.05) is 19.0 Å². The topological polar surface area (TPSA) is 33.3 Å². The second-order valence-corrected chi connectivity index (χ2v) is 4.92. The highest BCUT2D eigenvalue weighted by atomic mass is 32.1. The molecule has 2 heterocycles. The van der Waals surface area contributed by atoms with Crippen LogP contribution in [0.3, 0.4) is 0 Å². The Labute approximate surface area is 103 Å². The first-order chi connectivity index (χ1) is 7.79. The fraction of sp³-hybridized carbons (Fsp3) is 0.750. The number of unbranched alkanes of at least 4 members (excludes halogenated alkanes) is 1. The van der Waals surface area contributed by atoms with Crippen molar-refractivity contribution in [2.24, 2.45) is 5.92 Å². The summed E-state index contributed by atoms with van der Waals surface area (Å²) in [6.45, 7) is 4.07. The van der Waals surface area contributed by atoms with Gasteiger partial charge in [0.25, 0.3) is 0 Å². The lowest BCUT2D eigenvalue weighted by Crippen LogP contribution is -2.39. The van der Waals surface area contributed by atoms with Gasteiger partial charge in [-0.05, 0) is 25.1 Å². The molecule has 1 saturated heterocycles. The van der Waals surface area contributed by atoms with E-state index in [0.717, 1.165) is 24.6 Å². The van der Waals surface area contributed by atoms with Crippen LogP contribution in [0.1, 0.15) is 26.2 Å². The third kappa shape index (κ3) is 2.95. The highest BCUT2D eigenvalue weighted by Crippen LogP contribution is 2.32. The molecule has 1 fully saturated rings. The van der Waals surface area contributed by atoms with Crippen LogP contribution >= 0.6 is 12.2 Å². The van der Waals surface area contributed by atoms with E-state index in [1.165, 1.54) is 12.8 Å². The molecule has 90 valence electrons. The molecular weight excluding hydrogens is 220 g/mol. The highest BCUT2D eigenvalue weighted by Gasteiger charge is 2.36. The zero-order chi connectivity index (χ0) is 11.4. The Morgan fingerprint density at radius 2 is 2.31 bits per heavy atom. The molecule has 0 saturated carbocycles. The maximum Gasteiger partial charge on any atom is 0.166 e. The normalized spacial score (nSPS) is 30.7. The lowest BCUT2D eigenvalue weighted by molar-refractivity contribution is 0.109. The molecule has 2 aliphatic rings. The summed E-state index contributed by atoms with van der Waals surface area (Å²) in [5.41, 5.74) is 0. The van der Waals surface area contributed by atoms with Crippen LogP contribution in [0, 0.1) is 5.92 Å². The van der Waals surface area contributed by atoms with E-state index in [4.69, 9.17) is 17.0 Å². The Morgan fingerprint density at radius 3 is 2.94 bits per heavy atom. The number of ether oxygens (including phenoxy) is 1. The molecule has 16 heavy (non-hydrogen) atoms. The molecule has 2 rings (SSSR count). The Hall–Kier alpha value is -0.610. The van der Waals surface area contributed by atoms with Gasteiger partial charge in [-0.15, -0.1) is 0 Å². The smallest absolute Gasteiger partial charge is 0.166 e. The van der Waals surface area contributed by atoms with Gasteiger partial charge in [0.1, 0.15) is 0 Å². The molecule has 0 aliphatic carbocycles. The first-order valence-electron chi connectivity index (χ1n) is 6.15. The van der Waals surface area contributed by atoms with E-state index in [1.807, 2.05) is 0 Å². The summed E-state index contributed by atoms with van der Waals surface area (Å²) in [5.74, 6) is 0.584. The van der Waals surface area contributed by atoms with Gasteiger partial charge in [0.05, 0.1) is 12.2 Å². The zero-order valence-electron chi connectivity index (χ0n) is 9.74. The van der Waals surface area contributed by atoms with E-state index in [0.29, 0.717) is 18.1 Å². The standard InChI is InChI=1S/C12H20N2OS/c1-2-3-6-13-12(16)14-8-9-7-10-4-5-11(9)15-10/h4-5,9-11H,2-3,6-8H2,1H3,(H2,13,14,16). The molecule has 0 amide bonds. The minimum Gasteiger partial charge on any atom is -0.366 e. The number of rotatable bonds is 5. The largest absolute Gasteiger partial charge is 0.366 e. The van der Waals surface area contributed by atoms with Gasteiger partial charge in [0.15, 0.2) is 5.11 Å². The molecule has 3 nitrogen and oxygen atoms in total. The average molecular weight is 240 g/mol. The van der Waals surface area contributed by atoms with Crippen LogP contribution in [0.15, 0.2) is 12.2 Å². The second-order valence-electron chi connectivity index (χ2n) is 4.51. The first kappa shape index (κ1) is 11.9. The summed E-state index contributed by atoms with van der Waals surface area (Å²) in [6.07, 6.45) is 8.51. The minimum absolute atomic E-state index is 0.316. The molecule has 3 atom stereocenters. The van der Waals surface area contributed by atoms with Crippen molar-refractivity contribution in [2.45, 2.75) is 38.4 Å². The molecule has 4 heteroatoms. The van der Waals surface area contributed by atoms with Crippen molar-refractivity contribution in [2.75, 3.05) is 13.1 Å². The third-order valence-corrected chi connectivity index (χ3v) is 3.48. The summed E-state index contributed by atoms with van der Waals surface area (Å²) in [7, 11) is 0. The zero-order valence-corrected chi connectivity index (χ0v) is 10.6. The first-order valence-corrected chi connectivity index (χ1v) is 6.56. The Morgan fingerprint density at radius 1 is 1.44 bits per heavy atom. The second kappa shape index (κ2) is 5.64. The van der Waals surface area contributed by atoms with Crippen LogP contribution in [0.25, 0.3) is 0 Å². The molecule has 2 N–H and O–H groups in total. The molecule has 0 radical (unpaired) electrons. The van der Waals surface area contributed by atoms with Gasteiger partial charge in [-0.2, -0.15) is 0 Å². The molecule has 0 aromatic carbocycles. The lowest BCUT2D eigenvalue weighted by atomic mass is 9.94. The lowest BCUT2D eigenvalue weighted by Gasteiger charge is -2.17. The van der Waals surface area contributed by atoms with Crippen molar-refractivity contribution < 1.29 is 4.74 Å². The van der Waals surface area contributed by atoms with Crippen molar-refractivity contribution >= 4 is 17.3 Å². The molecular formula is C12H20N2OS. The minimum atomic E-state index is 0.316.